The number of fused-ring (bicyclic) bond motifs is 1. The van der Waals surface area contributed by atoms with Crippen molar-refractivity contribution in [3.63, 3.8) is 0 Å². The topological polar surface area (TPSA) is 81.8 Å². The van der Waals surface area contributed by atoms with E-state index in [1.807, 2.05) is 0 Å². The van der Waals surface area contributed by atoms with Crippen LogP contribution < -0.4 is 15.2 Å². The molecule has 5 nitrogen and oxygen atoms in total. The third-order valence-electron chi connectivity index (χ3n) is 2.57. The lowest BCUT2D eigenvalue weighted by atomic mass is 9.98. The first-order valence-corrected chi connectivity index (χ1v) is 5.15. The number of carboxylic acids is 1. The average Bonchev–Trinajstić information content (AvgIpc) is 2.30. The minimum atomic E-state index is -1.16. The van der Waals surface area contributed by atoms with Crippen LogP contribution in [-0.2, 0) is 4.79 Å². The van der Waals surface area contributed by atoms with Crippen LogP contribution in [0.15, 0.2) is 12.1 Å². The molecule has 1 atom stereocenters. The van der Waals surface area contributed by atoms with Gasteiger partial charge in [0.25, 0.3) is 0 Å². The second-order valence-corrected chi connectivity index (χ2v) is 3.64. The Kier molecular flexibility index (Phi) is 3.14. The average molecular weight is 241 g/mol. The van der Waals surface area contributed by atoms with Crippen LogP contribution in [0.1, 0.15) is 11.5 Å². The molecule has 0 fully saturated rings. The highest BCUT2D eigenvalue weighted by Crippen LogP contribution is 2.35. The molecule has 1 aromatic carbocycles. The number of ether oxygens (including phenoxy) is 2. The van der Waals surface area contributed by atoms with Crippen LogP contribution in [0.25, 0.3) is 0 Å². The summed E-state index contributed by atoms with van der Waals surface area (Å²) in [5.41, 5.74) is 5.35. The van der Waals surface area contributed by atoms with E-state index in [4.69, 9.17) is 20.3 Å². The zero-order valence-corrected chi connectivity index (χ0v) is 8.98. The molecule has 0 radical (unpaired) electrons. The maximum absolute atomic E-state index is 13.7. The molecule has 0 aliphatic carbocycles. The molecule has 6 heteroatoms. The second kappa shape index (κ2) is 4.58. The Morgan fingerprint density at radius 2 is 2.00 bits per heavy atom. The highest BCUT2D eigenvalue weighted by atomic mass is 19.1. The van der Waals surface area contributed by atoms with Crippen molar-refractivity contribution in [1.82, 2.24) is 0 Å². The van der Waals surface area contributed by atoms with Crippen molar-refractivity contribution in [2.75, 3.05) is 19.8 Å². The number of aliphatic carboxylic acids is 1. The Bertz CT molecular complexity index is 449. The third-order valence-corrected chi connectivity index (χ3v) is 2.57. The molecule has 92 valence electrons. The van der Waals surface area contributed by atoms with Crippen LogP contribution >= 0.6 is 0 Å². The Labute approximate surface area is 96.9 Å². The molecule has 0 saturated heterocycles. The van der Waals surface area contributed by atoms with Crippen LogP contribution in [0.3, 0.4) is 0 Å². The molecule has 2 rings (SSSR count). The highest BCUT2D eigenvalue weighted by Gasteiger charge is 2.25. The van der Waals surface area contributed by atoms with Gasteiger partial charge in [-0.2, -0.15) is 0 Å². The fourth-order valence-corrected chi connectivity index (χ4v) is 1.71. The molecule has 0 spiro atoms. The summed E-state index contributed by atoms with van der Waals surface area (Å²) in [6, 6.07) is 2.48. The number of nitrogens with two attached hydrogens (primary N) is 1. The monoisotopic (exact) mass is 241 g/mol. The first-order valence-electron chi connectivity index (χ1n) is 5.15. The third kappa shape index (κ3) is 2.16. The van der Waals surface area contributed by atoms with Crippen LogP contribution in [0.4, 0.5) is 4.39 Å². The van der Waals surface area contributed by atoms with Crippen molar-refractivity contribution in [2.45, 2.75) is 5.92 Å². The number of rotatable bonds is 3. The van der Waals surface area contributed by atoms with Gasteiger partial charge in [-0.15, -0.1) is 0 Å². The van der Waals surface area contributed by atoms with Crippen LogP contribution in [0.2, 0.25) is 0 Å². The van der Waals surface area contributed by atoms with Crippen molar-refractivity contribution < 1.29 is 23.8 Å². The zero-order chi connectivity index (χ0) is 12.4. The van der Waals surface area contributed by atoms with Gasteiger partial charge in [0.2, 0.25) is 0 Å². The molecule has 1 aliphatic heterocycles. The normalized spacial score (nSPS) is 15.4. The van der Waals surface area contributed by atoms with Gasteiger partial charge < -0.3 is 20.3 Å². The largest absolute Gasteiger partial charge is 0.486 e. The molecule has 0 saturated carbocycles. The van der Waals surface area contributed by atoms with Crippen molar-refractivity contribution >= 4 is 5.97 Å². The van der Waals surface area contributed by atoms with Gasteiger partial charge in [0, 0.05) is 18.2 Å². The van der Waals surface area contributed by atoms with E-state index in [-0.39, 0.29) is 12.1 Å². The summed E-state index contributed by atoms with van der Waals surface area (Å²) in [7, 11) is 0. The zero-order valence-electron chi connectivity index (χ0n) is 8.98. The number of hydrogen-bond donors (Lipinski definition) is 2. The summed E-state index contributed by atoms with van der Waals surface area (Å²) >= 11 is 0. The van der Waals surface area contributed by atoms with Gasteiger partial charge in [0.1, 0.15) is 19.0 Å². The first-order chi connectivity index (χ1) is 8.13. The predicted molar refractivity (Wildman–Crippen MR) is 56.8 cm³/mol. The maximum atomic E-state index is 13.7. The number of carbonyl (C=O) groups is 1. The summed E-state index contributed by atoms with van der Waals surface area (Å²) in [5.74, 6) is -2.24. The molecule has 1 aromatic rings. The van der Waals surface area contributed by atoms with Crippen molar-refractivity contribution in [3.8, 4) is 11.5 Å². The van der Waals surface area contributed by atoms with E-state index in [1.54, 1.807) is 0 Å². The lowest BCUT2D eigenvalue weighted by Crippen LogP contribution is -2.23. The molecule has 0 aromatic heterocycles. The molecule has 1 unspecified atom stereocenters. The maximum Gasteiger partial charge on any atom is 0.312 e. The van der Waals surface area contributed by atoms with Gasteiger partial charge in [0.15, 0.2) is 11.5 Å². The first kappa shape index (κ1) is 11.7. The van der Waals surface area contributed by atoms with E-state index in [1.165, 1.54) is 6.07 Å². The summed E-state index contributed by atoms with van der Waals surface area (Å²) < 4.78 is 24.2. The lowest BCUT2D eigenvalue weighted by Gasteiger charge is -2.20. The molecule has 0 amide bonds. The standard InChI is InChI=1S/C11H12FNO4/c12-8-4-10-9(16-1-2-17-10)3-6(8)7(5-13)11(14)15/h3-4,7H,1-2,5,13H2,(H,14,15). The Morgan fingerprint density at radius 1 is 1.41 bits per heavy atom. The number of halogens is 1. The van der Waals surface area contributed by atoms with Gasteiger partial charge in [-0.1, -0.05) is 0 Å². The SMILES string of the molecule is NCC(C(=O)O)c1cc2c(cc1F)OCCO2. The van der Waals surface area contributed by atoms with E-state index in [9.17, 15) is 9.18 Å². The van der Waals surface area contributed by atoms with E-state index < -0.39 is 17.7 Å². The number of hydrogen-bond acceptors (Lipinski definition) is 4. The van der Waals surface area contributed by atoms with Crippen molar-refractivity contribution in [1.29, 1.82) is 0 Å². The quantitative estimate of drug-likeness (QED) is 0.815. The Balaban J connectivity index is 2.43. The number of benzene rings is 1. The molecule has 1 aliphatic rings. The van der Waals surface area contributed by atoms with Crippen molar-refractivity contribution in [2.24, 2.45) is 5.73 Å². The fraction of sp³-hybridized carbons (Fsp3) is 0.364. The van der Waals surface area contributed by atoms with E-state index in [2.05, 4.69) is 0 Å². The summed E-state index contributed by atoms with van der Waals surface area (Å²) in [6.45, 7) is 0.537. The highest BCUT2D eigenvalue weighted by molar-refractivity contribution is 5.77. The molecule has 3 N–H and O–H groups in total. The molecule has 0 bridgehead atoms. The van der Waals surface area contributed by atoms with Crippen LogP contribution in [0.5, 0.6) is 11.5 Å². The minimum absolute atomic E-state index is 0.0178. The van der Waals surface area contributed by atoms with Gasteiger partial charge in [-0.25, -0.2) is 4.39 Å². The second-order valence-electron chi connectivity index (χ2n) is 3.64. The van der Waals surface area contributed by atoms with Gasteiger partial charge in [-0.05, 0) is 6.07 Å². The summed E-state index contributed by atoms with van der Waals surface area (Å²) in [4.78, 5) is 10.9. The van der Waals surface area contributed by atoms with Gasteiger partial charge in [0.05, 0.1) is 5.92 Å². The molecule has 17 heavy (non-hydrogen) atoms. The van der Waals surface area contributed by atoms with E-state index in [0.29, 0.717) is 24.7 Å². The van der Waals surface area contributed by atoms with Crippen molar-refractivity contribution in [3.05, 3.63) is 23.5 Å². The fourth-order valence-electron chi connectivity index (χ4n) is 1.71. The smallest absolute Gasteiger partial charge is 0.312 e. The predicted octanol–water partition coefficient (Wildman–Crippen LogP) is 0.724. The van der Waals surface area contributed by atoms with Gasteiger partial charge in [-0.3, -0.25) is 4.79 Å². The Morgan fingerprint density at radius 3 is 2.53 bits per heavy atom. The summed E-state index contributed by atoms with van der Waals surface area (Å²) in [5, 5.41) is 8.94. The Hall–Kier alpha value is -1.82. The van der Waals surface area contributed by atoms with Crippen LogP contribution in [0, 0.1) is 5.82 Å². The molecule has 1 heterocycles. The van der Waals surface area contributed by atoms with E-state index >= 15 is 0 Å². The van der Waals surface area contributed by atoms with Crippen LogP contribution in [-0.4, -0.2) is 30.8 Å². The van der Waals surface area contributed by atoms with Gasteiger partial charge >= 0.3 is 5.97 Å². The molecular formula is C11H12FNO4. The minimum Gasteiger partial charge on any atom is -0.486 e. The molecular weight excluding hydrogens is 229 g/mol. The van der Waals surface area contributed by atoms with E-state index in [0.717, 1.165) is 6.07 Å². The lowest BCUT2D eigenvalue weighted by molar-refractivity contribution is -0.138. The number of carboxylic acid groups (broad SMARTS) is 1. The summed E-state index contributed by atoms with van der Waals surface area (Å²) in [6.07, 6.45) is 0.